The Bertz CT molecular complexity index is 684. The van der Waals surface area contributed by atoms with Gasteiger partial charge in [0.05, 0.1) is 6.04 Å². The van der Waals surface area contributed by atoms with E-state index in [1.165, 1.54) is 37.9 Å². The van der Waals surface area contributed by atoms with Crippen LogP contribution < -0.4 is 10.6 Å². The van der Waals surface area contributed by atoms with Crippen molar-refractivity contribution < 1.29 is 4.79 Å². The molecule has 2 aromatic carbocycles. The van der Waals surface area contributed by atoms with Gasteiger partial charge >= 0.3 is 0 Å². The number of carbonyl (C=O) groups is 1. The molecule has 0 saturated carbocycles. The van der Waals surface area contributed by atoms with Gasteiger partial charge in [0.2, 0.25) is 5.91 Å². The number of hydrogen-bond acceptors (Lipinski definition) is 3. The number of hydrogen-bond donors (Lipinski definition) is 2. The van der Waals surface area contributed by atoms with Crippen LogP contribution in [0.3, 0.4) is 0 Å². The average Bonchev–Trinajstić information content (AvgIpc) is 2.75. The Balaban J connectivity index is 1.42. The summed E-state index contributed by atoms with van der Waals surface area (Å²) >= 11 is 0. The second-order valence-corrected chi connectivity index (χ2v) is 7.62. The minimum atomic E-state index is 0.170. The maximum atomic E-state index is 12.2. The van der Waals surface area contributed by atoms with Crippen LogP contribution in [0, 0.1) is 0 Å². The molecule has 1 fully saturated rings. The molecule has 1 amide bonds. The number of benzene rings is 2. The smallest absolute Gasteiger partial charge is 0.220 e. The van der Waals surface area contributed by atoms with E-state index >= 15 is 0 Å². The Morgan fingerprint density at radius 1 is 0.929 bits per heavy atom. The van der Waals surface area contributed by atoms with Crippen LogP contribution in [-0.4, -0.2) is 37.0 Å². The van der Waals surface area contributed by atoms with Crippen LogP contribution in [0.2, 0.25) is 0 Å². The standard InChI is InChI=1S/C24H33N3O/c28-24(15-10-20-27-18-8-3-9-19-27)25-17-16-23(21-11-4-1-5-12-21)26-22-13-6-2-7-14-22/h1-2,4-7,11-14,23,26H,3,8-10,15-20H2,(H,25,28). The molecule has 0 aliphatic carbocycles. The van der Waals surface area contributed by atoms with Crippen molar-refractivity contribution in [1.29, 1.82) is 0 Å². The molecule has 1 aliphatic heterocycles. The second kappa shape index (κ2) is 11.5. The zero-order valence-electron chi connectivity index (χ0n) is 16.8. The lowest BCUT2D eigenvalue weighted by atomic mass is 10.0. The van der Waals surface area contributed by atoms with E-state index in [9.17, 15) is 4.79 Å². The summed E-state index contributed by atoms with van der Waals surface area (Å²) < 4.78 is 0. The van der Waals surface area contributed by atoms with Gasteiger partial charge in [-0.2, -0.15) is 0 Å². The van der Waals surface area contributed by atoms with Gasteiger partial charge in [-0.3, -0.25) is 4.79 Å². The number of rotatable bonds is 10. The first-order valence-electron chi connectivity index (χ1n) is 10.7. The van der Waals surface area contributed by atoms with Gasteiger partial charge in [0, 0.05) is 18.7 Å². The number of nitrogens with one attached hydrogen (secondary N) is 2. The molecule has 0 bridgehead atoms. The minimum absolute atomic E-state index is 0.170. The number of likely N-dealkylation sites (tertiary alicyclic amines) is 1. The van der Waals surface area contributed by atoms with Gasteiger partial charge in [-0.25, -0.2) is 0 Å². The summed E-state index contributed by atoms with van der Waals surface area (Å²) in [6, 6.07) is 20.9. The monoisotopic (exact) mass is 379 g/mol. The van der Waals surface area contributed by atoms with Crippen LogP contribution in [0.25, 0.3) is 0 Å². The number of para-hydroxylation sites is 1. The fourth-order valence-electron chi connectivity index (χ4n) is 3.83. The lowest BCUT2D eigenvalue weighted by Gasteiger charge is -2.26. The zero-order chi connectivity index (χ0) is 19.4. The molecular formula is C24H33N3O. The SMILES string of the molecule is O=C(CCCN1CCCCC1)NCCC(Nc1ccccc1)c1ccccc1. The van der Waals surface area contributed by atoms with E-state index in [1.807, 2.05) is 24.3 Å². The van der Waals surface area contributed by atoms with Crippen LogP contribution in [-0.2, 0) is 4.79 Å². The van der Waals surface area contributed by atoms with Crippen LogP contribution in [0.1, 0.15) is 50.1 Å². The Kier molecular flexibility index (Phi) is 8.38. The fourth-order valence-corrected chi connectivity index (χ4v) is 3.83. The number of piperidine rings is 1. The molecule has 3 rings (SSSR count). The van der Waals surface area contributed by atoms with Crippen molar-refractivity contribution in [3.63, 3.8) is 0 Å². The largest absolute Gasteiger partial charge is 0.378 e. The molecule has 1 aliphatic rings. The third kappa shape index (κ3) is 7.01. The van der Waals surface area contributed by atoms with Crippen LogP contribution in [0.15, 0.2) is 60.7 Å². The molecule has 1 heterocycles. The van der Waals surface area contributed by atoms with Gasteiger partial charge in [0.15, 0.2) is 0 Å². The fraction of sp³-hybridized carbons (Fsp3) is 0.458. The van der Waals surface area contributed by atoms with Crippen molar-refractivity contribution in [3.8, 4) is 0 Å². The van der Waals surface area contributed by atoms with Gasteiger partial charge in [-0.15, -0.1) is 0 Å². The average molecular weight is 380 g/mol. The summed E-state index contributed by atoms with van der Waals surface area (Å²) in [7, 11) is 0. The van der Waals surface area contributed by atoms with E-state index in [-0.39, 0.29) is 11.9 Å². The maximum absolute atomic E-state index is 12.2. The molecule has 150 valence electrons. The van der Waals surface area contributed by atoms with Gasteiger partial charge in [-0.05, 0) is 63.0 Å². The maximum Gasteiger partial charge on any atom is 0.220 e. The molecule has 1 atom stereocenters. The number of amides is 1. The minimum Gasteiger partial charge on any atom is -0.378 e. The topological polar surface area (TPSA) is 44.4 Å². The molecule has 0 spiro atoms. The molecule has 28 heavy (non-hydrogen) atoms. The zero-order valence-corrected chi connectivity index (χ0v) is 16.8. The molecular weight excluding hydrogens is 346 g/mol. The van der Waals surface area contributed by atoms with Crippen LogP contribution in [0.5, 0.6) is 0 Å². The quantitative estimate of drug-likeness (QED) is 0.633. The molecule has 0 aromatic heterocycles. The molecule has 0 radical (unpaired) electrons. The Hall–Kier alpha value is -2.33. The van der Waals surface area contributed by atoms with E-state index in [1.54, 1.807) is 0 Å². The second-order valence-electron chi connectivity index (χ2n) is 7.62. The predicted molar refractivity (Wildman–Crippen MR) is 116 cm³/mol. The highest BCUT2D eigenvalue weighted by molar-refractivity contribution is 5.75. The van der Waals surface area contributed by atoms with Crippen LogP contribution in [0.4, 0.5) is 5.69 Å². The molecule has 2 aromatic rings. The summed E-state index contributed by atoms with van der Waals surface area (Å²) in [6.07, 6.45) is 6.41. The van der Waals surface area contributed by atoms with E-state index in [2.05, 4.69) is 51.9 Å². The van der Waals surface area contributed by atoms with Gasteiger partial charge < -0.3 is 15.5 Å². The lowest BCUT2D eigenvalue weighted by molar-refractivity contribution is -0.121. The highest BCUT2D eigenvalue weighted by Gasteiger charge is 2.13. The highest BCUT2D eigenvalue weighted by Crippen LogP contribution is 2.22. The van der Waals surface area contributed by atoms with Gasteiger partial charge in [0.1, 0.15) is 0 Å². The molecule has 1 unspecified atom stereocenters. The van der Waals surface area contributed by atoms with Gasteiger partial charge in [0.25, 0.3) is 0 Å². The van der Waals surface area contributed by atoms with Gasteiger partial charge in [-0.1, -0.05) is 55.0 Å². The molecule has 2 N–H and O–H groups in total. The Labute approximate surface area is 169 Å². The van der Waals surface area contributed by atoms with E-state index in [0.29, 0.717) is 13.0 Å². The normalized spacial score (nSPS) is 15.7. The Morgan fingerprint density at radius 3 is 2.32 bits per heavy atom. The summed E-state index contributed by atoms with van der Waals surface area (Å²) in [6.45, 7) is 4.13. The molecule has 4 heteroatoms. The van der Waals surface area contributed by atoms with Crippen molar-refractivity contribution in [2.24, 2.45) is 0 Å². The van der Waals surface area contributed by atoms with E-state index in [4.69, 9.17) is 0 Å². The summed E-state index contributed by atoms with van der Waals surface area (Å²) in [4.78, 5) is 14.7. The number of anilines is 1. The van der Waals surface area contributed by atoms with Crippen LogP contribution >= 0.6 is 0 Å². The first-order chi connectivity index (χ1) is 13.8. The molecule has 4 nitrogen and oxygen atoms in total. The third-order valence-corrected chi connectivity index (χ3v) is 5.40. The molecule has 1 saturated heterocycles. The first kappa shape index (κ1) is 20.4. The lowest BCUT2D eigenvalue weighted by Crippen LogP contribution is -2.32. The van der Waals surface area contributed by atoms with Crippen molar-refractivity contribution in [2.45, 2.75) is 44.6 Å². The third-order valence-electron chi connectivity index (χ3n) is 5.40. The van der Waals surface area contributed by atoms with Crippen molar-refractivity contribution >= 4 is 11.6 Å². The highest BCUT2D eigenvalue weighted by atomic mass is 16.1. The van der Waals surface area contributed by atoms with E-state index in [0.717, 1.165) is 25.1 Å². The number of carbonyl (C=O) groups excluding carboxylic acids is 1. The predicted octanol–water partition coefficient (Wildman–Crippen LogP) is 4.61. The number of nitrogens with zero attached hydrogens (tertiary/aromatic N) is 1. The first-order valence-corrected chi connectivity index (χ1v) is 10.7. The summed E-state index contributed by atoms with van der Waals surface area (Å²) in [5.74, 6) is 0.170. The van der Waals surface area contributed by atoms with Crippen molar-refractivity contribution in [3.05, 3.63) is 66.2 Å². The Morgan fingerprint density at radius 2 is 1.61 bits per heavy atom. The summed E-state index contributed by atoms with van der Waals surface area (Å²) in [5, 5.41) is 6.71. The van der Waals surface area contributed by atoms with Crippen molar-refractivity contribution in [2.75, 3.05) is 31.5 Å². The van der Waals surface area contributed by atoms with Crippen molar-refractivity contribution in [1.82, 2.24) is 10.2 Å². The summed E-state index contributed by atoms with van der Waals surface area (Å²) in [5.41, 5.74) is 2.34. The van der Waals surface area contributed by atoms with E-state index < -0.39 is 0 Å².